The van der Waals surface area contributed by atoms with Gasteiger partial charge < -0.3 is 24.4 Å². The zero-order valence-corrected chi connectivity index (χ0v) is 29.7. The second-order valence-electron chi connectivity index (χ2n) is 13.3. The maximum atomic E-state index is 14.1. The largest absolute Gasteiger partial charge is 0.495 e. The van der Waals surface area contributed by atoms with Crippen LogP contribution in [0.25, 0.3) is 21.6 Å². The number of halogens is 1. The first kappa shape index (κ1) is 34.2. The SMILES string of the molecule is CCOC(=O)[C@@]12C[C@H]1/C=C\CCCCN(C)C(=O)[C@@H]1CC(Oc3cc(-c4nc(C(C)C)cs4)nc4c(Cl)c(OC)ccc34)C[C@H]1C(=O)N2. The zero-order valence-electron chi connectivity index (χ0n) is 28.1. The van der Waals surface area contributed by atoms with E-state index in [2.05, 4.69) is 25.2 Å². The number of fused-ring (bicyclic) bond motifs is 3. The summed E-state index contributed by atoms with van der Waals surface area (Å²) in [7, 11) is 3.35. The predicted molar refractivity (Wildman–Crippen MR) is 185 cm³/mol. The highest BCUT2D eigenvalue weighted by atomic mass is 35.5. The van der Waals surface area contributed by atoms with Crippen LogP contribution < -0.4 is 14.8 Å². The van der Waals surface area contributed by atoms with Crippen LogP contribution in [0.15, 0.2) is 35.7 Å². The van der Waals surface area contributed by atoms with Crippen LogP contribution >= 0.6 is 22.9 Å². The van der Waals surface area contributed by atoms with Gasteiger partial charge in [-0.15, -0.1) is 11.3 Å². The minimum atomic E-state index is -1.11. The van der Waals surface area contributed by atoms with E-state index < -0.39 is 29.4 Å². The molecule has 1 unspecified atom stereocenters. The Morgan fingerprint density at radius 3 is 2.69 bits per heavy atom. The Bertz CT molecular complexity index is 1740. The van der Waals surface area contributed by atoms with Crippen molar-refractivity contribution in [3.63, 3.8) is 0 Å². The molecule has 5 atom stereocenters. The van der Waals surface area contributed by atoms with Gasteiger partial charge in [-0.05, 0) is 63.5 Å². The van der Waals surface area contributed by atoms with Crippen molar-refractivity contribution in [2.45, 2.75) is 76.9 Å². The van der Waals surface area contributed by atoms with Crippen molar-refractivity contribution < 1.29 is 28.6 Å². The Kier molecular flexibility index (Phi) is 9.99. The van der Waals surface area contributed by atoms with Crippen molar-refractivity contribution in [1.82, 2.24) is 20.2 Å². The number of thiazole rings is 1. The number of hydrogen-bond donors (Lipinski definition) is 1. The number of nitrogens with one attached hydrogen (secondary N) is 1. The molecule has 3 heterocycles. The van der Waals surface area contributed by atoms with Gasteiger partial charge in [0.25, 0.3) is 0 Å². The van der Waals surface area contributed by atoms with Gasteiger partial charge in [-0.3, -0.25) is 9.59 Å². The van der Waals surface area contributed by atoms with Gasteiger partial charge in [0.2, 0.25) is 11.8 Å². The highest BCUT2D eigenvalue weighted by molar-refractivity contribution is 7.13. The number of esters is 1. The number of carbonyl (C=O) groups excluding carboxylic acids is 3. The summed E-state index contributed by atoms with van der Waals surface area (Å²) >= 11 is 8.29. The predicted octanol–water partition coefficient (Wildman–Crippen LogP) is 6.55. The lowest BCUT2D eigenvalue weighted by molar-refractivity contribution is -0.150. The molecule has 0 bridgehead atoms. The van der Waals surface area contributed by atoms with E-state index in [9.17, 15) is 14.4 Å². The Morgan fingerprint density at radius 2 is 1.96 bits per heavy atom. The quantitative estimate of drug-likeness (QED) is 0.218. The van der Waals surface area contributed by atoms with Crippen LogP contribution in [0, 0.1) is 17.8 Å². The van der Waals surface area contributed by atoms with E-state index in [1.807, 2.05) is 23.6 Å². The summed E-state index contributed by atoms with van der Waals surface area (Å²) in [5.41, 5.74) is 0.981. The van der Waals surface area contributed by atoms with Crippen molar-refractivity contribution in [1.29, 1.82) is 0 Å². The molecule has 0 spiro atoms. The van der Waals surface area contributed by atoms with Crippen molar-refractivity contribution in [3.05, 3.63) is 46.4 Å². The molecule has 1 aromatic carbocycles. The van der Waals surface area contributed by atoms with Crippen LogP contribution in [0.5, 0.6) is 11.5 Å². The van der Waals surface area contributed by atoms with E-state index in [0.717, 1.165) is 30.0 Å². The topological polar surface area (TPSA) is 120 Å². The van der Waals surface area contributed by atoms with Crippen molar-refractivity contribution in [2.75, 3.05) is 27.3 Å². The number of carbonyl (C=O) groups is 3. The number of benzene rings is 1. The molecule has 3 aliphatic rings. The molecule has 1 N–H and O–H groups in total. The molecule has 3 aromatic rings. The van der Waals surface area contributed by atoms with Gasteiger partial charge in [0.15, 0.2) is 0 Å². The number of ether oxygens (including phenoxy) is 3. The average molecular weight is 695 g/mol. The third-order valence-electron chi connectivity index (χ3n) is 9.73. The van der Waals surface area contributed by atoms with Gasteiger partial charge >= 0.3 is 5.97 Å². The van der Waals surface area contributed by atoms with Crippen LogP contribution in [0.1, 0.15) is 70.9 Å². The number of methoxy groups -OCH3 is 1. The first-order chi connectivity index (χ1) is 23.1. The van der Waals surface area contributed by atoms with E-state index in [1.165, 1.54) is 11.3 Å². The summed E-state index contributed by atoms with van der Waals surface area (Å²) in [6.07, 6.45) is 7.34. The van der Waals surface area contributed by atoms with Crippen LogP contribution in [0.2, 0.25) is 5.02 Å². The maximum absolute atomic E-state index is 14.1. The number of nitrogens with zero attached hydrogens (tertiary/aromatic N) is 3. The van der Waals surface area contributed by atoms with E-state index in [-0.39, 0.29) is 30.3 Å². The standard InChI is InChI=1S/C36H43ClN4O6S/c1-6-46-35(44)36-18-21(36)11-9-7-8-10-14-41(4)34(43)25-16-22(15-24(25)32(42)40-36)47-29-17-26(33-39-27(19-48-33)20(2)3)38-31-23(29)12-13-28(45-5)30(31)37/h9,11-13,17,19-22,24-25H,6-8,10,14-16,18H2,1-5H3,(H,40,42)/b11-9-/t21-,22?,24-,25-,36-/m1/s1. The number of rotatable bonds is 7. The first-order valence-corrected chi connectivity index (χ1v) is 18.0. The third kappa shape index (κ3) is 6.63. The first-order valence-electron chi connectivity index (χ1n) is 16.8. The third-order valence-corrected chi connectivity index (χ3v) is 11.0. The molecule has 48 heavy (non-hydrogen) atoms. The lowest BCUT2D eigenvalue weighted by atomic mass is 9.93. The highest BCUT2D eigenvalue weighted by Gasteiger charge is 2.62. The molecule has 6 rings (SSSR count). The Balaban J connectivity index is 1.34. The van der Waals surface area contributed by atoms with Crippen LogP contribution in [0.4, 0.5) is 0 Å². The second kappa shape index (κ2) is 14.0. The molecule has 10 nitrogen and oxygen atoms in total. The average Bonchev–Trinajstić information content (AvgIpc) is 3.37. The molecule has 256 valence electrons. The van der Waals surface area contributed by atoms with E-state index in [1.54, 1.807) is 32.0 Å². The number of hydrogen-bond acceptors (Lipinski definition) is 9. The number of allylic oxidation sites excluding steroid dienone is 1. The van der Waals surface area contributed by atoms with Gasteiger partial charge in [-0.1, -0.05) is 37.6 Å². The lowest BCUT2D eigenvalue weighted by Gasteiger charge is -2.26. The molecule has 2 aromatic heterocycles. The summed E-state index contributed by atoms with van der Waals surface area (Å²) in [5, 5.41) is 6.85. The minimum absolute atomic E-state index is 0.0940. The van der Waals surface area contributed by atoms with E-state index in [4.69, 9.17) is 35.8 Å². The van der Waals surface area contributed by atoms with Crippen molar-refractivity contribution in [3.8, 4) is 22.2 Å². The van der Waals surface area contributed by atoms with Crippen LogP contribution in [0.3, 0.4) is 0 Å². The monoisotopic (exact) mass is 694 g/mol. The molecular formula is C36H43ClN4O6S. The number of pyridine rings is 1. The van der Waals surface area contributed by atoms with E-state index >= 15 is 0 Å². The summed E-state index contributed by atoms with van der Waals surface area (Å²) in [4.78, 5) is 52.5. The number of aromatic nitrogens is 2. The van der Waals surface area contributed by atoms with Gasteiger partial charge in [0.05, 0.1) is 36.8 Å². The Labute approximate surface area is 290 Å². The molecule has 0 saturated heterocycles. The Morgan fingerprint density at radius 1 is 1.17 bits per heavy atom. The fourth-order valence-electron chi connectivity index (χ4n) is 6.86. The molecule has 2 aliphatic carbocycles. The molecular weight excluding hydrogens is 652 g/mol. The molecule has 2 saturated carbocycles. The smallest absolute Gasteiger partial charge is 0.332 e. The van der Waals surface area contributed by atoms with Gasteiger partial charge in [0.1, 0.15) is 38.9 Å². The summed E-state index contributed by atoms with van der Waals surface area (Å²) in [6, 6.07) is 5.48. The molecule has 2 amide bonds. The van der Waals surface area contributed by atoms with Crippen molar-refractivity contribution >= 4 is 51.6 Å². The van der Waals surface area contributed by atoms with Crippen molar-refractivity contribution in [2.24, 2.45) is 17.8 Å². The zero-order chi connectivity index (χ0) is 34.2. The van der Waals surface area contributed by atoms with Crippen LogP contribution in [-0.4, -0.2) is 71.6 Å². The van der Waals surface area contributed by atoms with Gasteiger partial charge in [0, 0.05) is 36.3 Å². The number of amides is 2. The molecule has 12 heteroatoms. The minimum Gasteiger partial charge on any atom is -0.495 e. The summed E-state index contributed by atoms with van der Waals surface area (Å²) < 4.78 is 17.6. The van der Waals surface area contributed by atoms with Gasteiger partial charge in [-0.2, -0.15) is 0 Å². The molecule has 0 radical (unpaired) electrons. The Hall–Kier alpha value is -3.70. The fourth-order valence-corrected chi connectivity index (χ4v) is 8.08. The second-order valence-corrected chi connectivity index (χ2v) is 14.6. The maximum Gasteiger partial charge on any atom is 0.332 e. The normalized spacial score (nSPS) is 26.8. The highest BCUT2D eigenvalue weighted by Crippen LogP contribution is 2.48. The molecule has 1 aliphatic heterocycles. The fraction of sp³-hybridized carbons (Fsp3) is 0.528. The lowest BCUT2D eigenvalue weighted by Crippen LogP contribution is -2.50. The van der Waals surface area contributed by atoms with Crippen LogP contribution in [-0.2, 0) is 19.1 Å². The summed E-state index contributed by atoms with van der Waals surface area (Å²) in [5.74, 6) is -1.02. The molecule has 2 fully saturated rings. The van der Waals surface area contributed by atoms with E-state index in [0.29, 0.717) is 58.9 Å². The van der Waals surface area contributed by atoms with Gasteiger partial charge in [-0.25, -0.2) is 14.8 Å². The summed E-state index contributed by atoms with van der Waals surface area (Å²) in [6.45, 7) is 6.76.